The molecule has 2 aliphatic rings. The van der Waals surface area contributed by atoms with Gasteiger partial charge in [0.15, 0.2) is 16.7 Å². The Kier molecular flexibility index (Phi) is 5.45. The molecule has 0 radical (unpaired) electrons. The number of rotatable bonds is 4. The molecule has 0 aliphatic carbocycles. The van der Waals surface area contributed by atoms with Gasteiger partial charge in [-0.25, -0.2) is 4.99 Å². The normalized spacial score (nSPS) is 16.4. The fourth-order valence-corrected chi connectivity index (χ4v) is 4.00. The minimum absolute atomic E-state index is 0.133. The number of benzene rings is 2. The van der Waals surface area contributed by atoms with Crippen molar-refractivity contribution in [1.29, 1.82) is 0 Å². The Morgan fingerprint density at radius 3 is 2.66 bits per heavy atom. The average Bonchev–Trinajstić information content (AvgIpc) is 3.27. The summed E-state index contributed by atoms with van der Waals surface area (Å²) < 4.78 is 10.8. The van der Waals surface area contributed by atoms with E-state index < -0.39 is 0 Å². The quantitative estimate of drug-likeness (QED) is 0.519. The Balaban J connectivity index is 1.67. The summed E-state index contributed by atoms with van der Waals surface area (Å²) in [5.74, 6) is 2.02. The van der Waals surface area contributed by atoms with Crippen molar-refractivity contribution >= 4 is 34.6 Å². The van der Waals surface area contributed by atoms with E-state index in [2.05, 4.69) is 24.9 Å². The Hall–Kier alpha value is -2.99. The zero-order valence-corrected chi connectivity index (χ0v) is 17.5. The zero-order chi connectivity index (χ0) is 20.4. The maximum absolute atomic E-state index is 13.2. The van der Waals surface area contributed by atoms with Crippen molar-refractivity contribution in [1.82, 2.24) is 0 Å². The monoisotopic (exact) mass is 406 g/mol. The molecule has 6 heteroatoms. The minimum Gasteiger partial charge on any atom is -0.454 e. The van der Waals surface area contributed by atoms with Crippen molar-refractivity contribution in [2.24, 2.45) is 4.99 Å². The second kappa shape index (κ2) is 8.17. The van der Waals surface area contributed by atoms with Gasteiger partial charge in [0.25, 0.3) is 5.91 Å². The van der Waals surface area contributed by atoms with Crippen LogP contribution >= 0.6 is 11.8 Å². The highest BCUT2D eigenvalue weighted by Crippen LogP contribution is 2.34. The van der Waals surface area contributed by atoms with Crippen LogP contribution in [-0.2, 0) is 4.79 Å². The topological polar surface area (TPSA) is 51.1 Å². The summed E-state index contributed by atoms with van der Waals surface area (Å²) in [6, 6.07) is 13.5. The van der Waals surface area contributed by atoms with Crippen molar-refractivity contribution in [3.8, 4) is 11.5 Å². The molecule has 2 aromatic carbocycles. The molecule has 4 rings (SSSR count). The summed E-state index contributed by atoms with van der Waals surface area (Å²) in [6.45, 7) is 6.37. The second-order valence-corrected chi connectivity index (χ2v) is 8.09. The summed E-state index contributed by atoms with van der Waals surface area (Å²) in [5, 5.41) is 0.684. The number of fused-ring (bicyclic) bond motifs is 1. The molecule has 0 unspecified atom stereocenters. The average molecular weight is 407 g/mol. The molecule has 0 N–H and O–H groups in total. The van der Waals surface area contributed by atoms with E-state index >= 15 is 0 Å². The summed E-state index contributed by atoms with van der Waals surface area (Å²) >= 11 is 1.55. The Morgan fingerprint density at radius 2 is 1.90 bits per heavy atom. The summed E-state index contributed by atoms with van der Waals surface area (Å²) in [7, 11) is 0. The Bertz CT molecular complexity index is 1030. The van der Waals surface area contributed by atoms with Crippen LogP contribution in [0.25, 0.3) is 6.08 Å². The fourth-order valence-electron chi connectivity index (χ4n) is 2.96. The van der Waals surface area contributed by atoms with Gasteiger partial charge in [-0.2, -0.15) is 0 Å². The van der Waals surface area contributed by atoms with E-state index in [0.717, 1.165) is 22.6 Å². The van der Waals surface area contributed by atoms with E-state index in [0.29, 0.717) is 22.4 Å². The smallest absolute Gasteiger partial charge is 0.283 e. The lowest BCUT2D eigenvalue weighted by Gasteiger charge is -2.17. The van der Waals surface area contributed by atoms with Gasteiger partial charge < -0.3 is 9.47 Å². The molecule has 0 bridgehead atoms. The summed E-state index contributed by atoms with van der Waals surface area (Å²) in [6.07, 6.45) is 3.92. The van der Waals surface area contributed by atoms with E-state index in [9.17, 15) is 4.79 Å². The van der Waals surface area contributed by atoms with E-state index in [1.54, 1.807) is 22.7 Å². The van der Waals surface area contributed by atoms with Crippen LogP contribution in [0.15, 0.2) is 64.8 Å². The predicted octanol–water partition coefficient (Wildman–Crippen LogP) is 5.17. The summed E-state index contributed by atoms with van der Waals surface area (Å²) in [5.41, 5.74) is 4.45. The number of ether oxygens (including phenoxy) is 2. The molecule has 0 saturated carbocycles. The highest BCUT2D eigenvalue weighted by molar-refractivity contribution is 8.14. The Morgan fingerprint density at radius 1 is 1.14 bits per heavy atom. The lowest BCUT2D eigenvalue weighted by atomic mass is 10.1. The van der Waals surface area contributed by atoms with Gasteiger partial charge in [-0.1, -0.05) is 47.2 Å². The molecule has 0 atom stereocenters. The number of nitrogens with zero attached hydrogens (tertiary/aromatic N) is 2. The zero-order valence-electron chi connectivity index (χ0n) is 16.6. The van der Waals surface area contributed by atoms with Crippen molar-refractivity contribution < 1.29 is 14.3 Å². The lowest BCUT2D eigenvalue weighted by molar-refractivity contribution is -0.113. The molecule has 2 heterocycles. The highest BCUT2D eigenvalue weighted by atomic mass is 32.2. The van der Waals surface area contributed by atoms with Crippen LogP contribution in [0.2, 0.25) is 0 Å². The van der Waals surface area contributed by atoms with E-state index in [4.69, 9.17) is 9.47 Å². The van der Waals surface area contributed by atoms with Crippen LogP contribution in [0.1, 0.15) is 25.0 Å². The predicted molar refractivity (Wildman–Crippen MR) is 119 cm³/mol. The SMILES string of the molecule is CC(C)=CCSC1=N/C(=C\c2ccc3c(c2)OCO3)C(=O)N1c1ccc(C)cc1. The third-order valence-corrected chi connectivity index (χ3v) is 5.39. The highest BCUT2D eigenvalue weighted by Gasteiger charge is 2.31. The third-order valence-electron chi connectivity index (χ3n) is 4.53. The van der Waals surface area contributed by atoms with Crippen molar-refractivity contribution in [3.63, 3.8) is 0 Å². The van der Waals surface area contributed by atoms with Gasteiger partial charge in [0.1, 0.15) is 5.70 Å². The lowest BCUT2D eigenvalue weighted by Crippen LogP contribution is -2.30. The molecular formula is C23H22N2O3S. The van der Waals surface area contributed by atoms with Gasteiger partial charge in [0, 0.05) is 5.75 Å². The van der Waals surface area contributed by atoms with Crippen molar-refractivity contribution in [2.45, 2.75) is 20.8 Å². The number of carbonyl (C=O) groups is 1. The number of aliphatic imine (C=N–C) groups is 1. The maximum Gasteiger partial charge on any atom is 0.283 e. The standard InChI is InChI=1S/C23H22N2O3S/c1-15(2)10-11-29-23-24-19(12-17-6-9-20-21(13-17)28-14-27-20)22(26)25(23)18-7-4-16(3)5-8-18/h4-10,12-13H,11,14H2,1-3H3/b19-12-. The number of hydrogen-bond donors (Lipinski definition) is 0. The molecule has 0 fully saturated rings. The maximum atomic E-state index is 13.2. The molecular weight excluding hydrogens is 384 g/mol. The largest absolute Gasteiger partial charge is 0.454 e. The molecule has 29 heavy (non-hydrogen) atoms. The van der Waals surface area contributed by atoms with Gasteiger partial charge in [-0.05, 0) is 56.7 Å². The molecule has 5 nitrogen and oxygen atoms in total. The number of amidine groups is 1. The molecule has 2 aliphatic heterocycles. The first-order valence-corrected chi connectivity index (χ1v) is 10.4. The number of aryl methyl sites for hydroxylation is 1. The number of amides is 1. The molecule has 0 spiro atoms. The number of hydrogen-bond acceptors (Lipinski definition) is 5. The minimum atomic E-state index is -0.133. The van der Waals surface area contributed by atoms with Gasteiger partial charge in [-0.3, -0.25) is 9.69 Å². The molecule has 1 amide bonds. The van der Waals surface area contributed by atoms with E-state index in [1.165, 1.54) is 5.57 Å². The number of thioether (sulfide) groups is 1. The van der Waals surface area contributed by atoms with Crippen LogP contribution < -0.4 is 14.4 Å². The van der Waals surface area contributed by atoms with Crippen molar-refractivity contribution in [2.75, 3.05) is 17.4 Å². The van der Waals surface area contributed by atoms with E-state index in [-0.39, 0.29) is 12.7 Å². The Labute approximate surface area is 174 Å². The van der Waals surface area contributed by atoms with Gasteiger partial charge >= 0.3 is 0 Å². The fraction of sp³-hybridized carbons (Fsp3) is 0.217. The third kappa shape index (κ3) is 4.22. The number of carbonyl (C=O) groups excluding carboxylic acids is 1. The first-order chi connectivity index (χ1) is 14.0. The number of anilines is 1. The second-order valence-electron chi connectivity index (χ2n) is 7.11. The first-order valence-electron chi connectivity index (χ1n) is 9.38. The van der Waals surface area contributed by atoms with Crippen LogP contribution in [0, 0.1) is 6.92 Å². The number of allylic oxidation sites excluding steroid dienone is 1. The molecule has 2 aromatic rings. The van der Waals surface area contributed by atoms with Crippen LogP contribution in [-0.4, -0.2) is 23.6 Å². The van der Waals surface area contributed by atoms with Crippen LogP contribution in [0.4, 0.5) is 5.69 Å². The summed E-state index contributed by atoms with van der Waals surface area (Å²) in [4.78, 5) is 19.5. The van der Waals surface area contributed by atoms with Crippen molar-refractivity contribution in [3.05, 3.63) is 70.9 Å². The molecule has 148 valence electrons. The van der Waals surface area contributed by atoms with Gasteiger partial charge in [0.2, 0.25) is 6.79 Å². The van der Waals surface area contributed by atoms with E-state index in [1.807, 2.05) is 49.4 Å². The first kappa shape index (κ1) is 19.3. The van der Waals surface area contributed by atoms with Crippen LogP contribution in [0.3, 0.4) is 0 Å². The molecule has 0 saturated heterocycles. The van der Waals surface area contributed by atoms with Crippen LogP contribution in [0.5, 0.6) is 11.5 Å². The van der Waals surface area contributed by atoms with Gasteiger partial charge in [-0.15, -0.1) is 0 Å². The molecule has 0 aromatic heterocycles. The van der Waals surface area contributed by atoms with Gasteiger partial charge in [0.05, 0.1) is 5.69 Å².